The first-order valence-corrected chi connectivity index (χ1v) is 29.5. The molecule has 76 heavy (non-hydrogen) atoms. The van der Waals surface area contributed by atoms with Gasteiger partial charge in [0, 0.05) is 35.1 Å². The lowest BCUT2D eigenvalue weighted by Gasteiger charge is -2.29. The van der Waals surface area contributed by atoms with Crippen molar-refractivity contribution in [3.05, 3.63) is 166 Å². The number of hydrogen-bond donors (Lipinski definition) is 0. The third kappa shape index (κ3) is 16.2. The average Bonchev–Trinajstić information content (AvgIpc) is 3.37. The van der Waals surface area contributed by atoms with Gasteiger partial charge in [-0.15, -0.1) is 0 Å². The number of carbonyl (C=O) groups excluding carboxylic acids is 2. The SMILES string of the molecule is CCOC(=O)CCc1ccc(OP(Oc2ccc(CCC(=O)OCC)cc2C(C)(C)C)c2ccc(-c3ccc(P(Oc4ccc(CC)cc4C(C)(C)C)Oc4ccc(CC)cc4C(C)(C)C)cc3)cc2)c(C(C)(C)C)c1. The average molecular weight is 1070 g/mol. The summed E-state index contributed by atoms with van der Waals surface area (Å²) in [5.41, 5.74) is 10.2. The summed E-state index contributed by atoms with van der Waals surface area (Å²) in [7, 11) is -3.37. The van der Waals surface area contributed by atoms with E-state index in [1.54, 1.807) is 0 Å². The number of aryl methyl sites for hydroxylation is 4. The minimum Gasteiger partial charge on any atom is -0.466 e. The second kappa shape index (κ2) is 25.6. The molecule has 0 unspecified atom stereocenters. The lowest BCUT2D eigenvalue weighted by atomic mass is 9.85. The summed E-state index contributed by atoms with van der Waals surface area (Å²) in [5.74, 6) is 2.68. The molecule has 6 aromatic carbocycles. The van der Waals surface area contributed by atoms with Crippen molar-refractivity contribution in [1.29, 1.82) is 0 Å². The fraction of sp³-hybridized carbons (Fsp3) is 0.424. The fourth-order valence-electron chi connectivity index (χ4n) is 8.84. The van der Waals surface area contributed by atoms with Gasteiger partial charge in [0.25, 0.3) is 0 Å². The number of rotatable bonds is 21. The molecule has 0 amide bonds. The molecule has 0 atom stereocenters. The molecule has 0 radical (unpaired) electrons. The topological polar surface area (TPSA) is 89.5 Å². The summed E-state index contributed by atoms with van der Waals surface area (Å²) in [6, 6.07) is 42.5. The maximum atomic E-state index is 12.4. The number of ether oxygens (including phenoxy) is 2. The monoisotopic (exact) mass is 1070 g/mol. The van der Waals surface area contributed by atoms with Gasteiger partial charge < -0.3 is 27.6 Å². The summed E-state index contributed by atoms with van der Waals surface area (Å²) < 4.78 is 38.9. The van der Waals surface area contributed by atoms with Crippen molar-refractivity contribution in [3.63, 3.8) is 0 Å². The van der Waals surface area contributed by atoms with Crippen LogP contribution in [0.1, 0.15) is 168 Å². The predicted molar refractivity (Wildman–Crippen MR) is 317 cm³/mol. The van der Waals surface area contributed by atoms with Gasteiger partial charge >= 0.3 is 28.7 Å². The molecule has 406 valence electrons. The van der Waals surface area contributed by atoms with Crippen molar-refractivity contribution < 1.29 is 37.2 Å². The van der Waals surface area contributed by atoms with Gasteiger partial charge in [0.2, 0.25) is 0 Å². The van der Waals surface area contributed by atoms with E-state index < -0.39 is 16.8 Å². The van der Waals surface area contributed by atoms with E-state index in [-0.39, 0.29) is 33.6 Å². The molecule has 0 N–H and O–H groups in total. The summed E-state index contributed by atoms with van der Waals surface area (Å²) in [6.07, 6.45) is 3.60. The van der Waals surface area contributed by atoms with Crippen LogP contribution in [0.4, 0.5) is 0 Å². The zero-order valence-corrected chi connectivity index (χ0v) is 50.2. The molecule has 6 rings (SSSR count). The van der Waals surface area contributed by atoms with E-state index in [9.17, 15) is 9.59 Å². The van der Waals surface area contributed by atoms with Crippen LogP contribution in [-0.2, 0) is 66.4 Å². The summed E-state index contributed by atoms with van der Waals surface area (Å²) in [6.45, 7) is 35.1. The smallest absolute Gasteiger partial charge is 0.326 e. The van der Waals surface area contributed by atoms with Crippen LogP contribution in [0.3, 0.4) is 0 Å². The van der Waals surface area contributed by atoms with Crippen LogP contribution in [0.15, 0.2) is 121 Å². The first-order chi connectivity index (χ1) is 35.8. The third-order valence-corrected chi connectivity index (χ3v) is 16.2. The molecule has 0 bridgehead atoms. The van der Waals surface area contributed by atoms with Crippen molar-refractivity contribution in [3.8, 4) is 34.1 Å². The van der Waals surface area contributed by atoms with Crippen molar-refractivity contribution in [1.82, 2.24) is 0 Å². The van der Waals surface area contributed by atoms with Gasteiger partial charge in [-0.1, -0.05) is 170 Å². The van der Waals surface area contributed by atoms with E-state index in [0.29, 0.717) is 50.4 Å². The summed E-state index contributed by atoms with van der Waals surface area (Å²) >= 11 is 0. The van der Waals surface area contributed by atoms with E-state index in [4.69, 9.17) is 27.6 Å². The van der Waals surface area contributed by atoms with Gasteiger partial charge in [0.05, 0.1) is 23.8 Å². The van der Waals surface area contributed by atoms with Crippen molar-refractivity contribution in [2.75, 3.05) is 13.2 Å². The van der Waals surface area contributed by atoms with Crippen LogP contribution in [-0.4, -0.2) is 25.2 Å². The Bertz CT molecular complexity index is 2740. The number of benzene rings is 6. The number of esters is 2. The molecule has 8 nitrogen and oxygen atoms in total. The van der Waals surface area contributed by atoms with Crippen molar-refractivity contribution in [2.45, 2.75) is 171 Å². The van der Waals surface area contributed by atoms with E-state index in [0.717, 1.165) is 79.5 Å². The van der Waals surface area contributed by atoms with E-state index in [1.807, 2.05) is 38.1 Å². The minimum absolute atomic E-state index is 0.148. The molecule has 0 aliphatic heterocycles. The molecule has 0 aliphatic carbocycles. The lowest BCUT2D eigenvalue weighted by Crippen LogP contribution is -2.18. The third-order valence-electron chi connectivity index (χ3n) is 13.3. The zero-order valence-electron chi connectivity index (χ0n) is 48.4. The highest BCUT2D eigenvalue weighted by molar-refractivity contribution is 7.57. The zero-order chi connectivity index (χ0) is 55.6. The molecular formula is C66H84O8P2. The Morgan fingerprint density at radius 1 is 0.368 bits per heavy atom. The van der Waals surface area contributed by atoms with Crippen LogP contribution < -0.4 is 28.7 Å². The molecule has 0 saturated heterocycles. The Morgan fingerprint density at radius 3 is 0.882 bits per heavy atom. The van der Waals surface area contributed by atoms with Gasteiger partial charge in [-0.05, 0) is 143 Å². The van der Waals surface area contributed by atoms with E-state index in [2.05, 4.69) is 194 Å². The fourth-order valence-corrected chi connectivity index (χ4v) is 11.5. The first-order valence-electron chi connectivity index (χ1n) is 27.2. The molecular weight excluding hydrogens is 983 g/mol. The lowest BCUT2D eigenvalue weighted by molar-refractivity contribution is -0.144. The van der Waals surface area contributed by atoms with Crippen LogP contribution in [0.2, 0.25) is 0 Å². The predicted octanol–water partition coefficient (Wildman–Crippen LogP) is 16.9. The molecule has 10 heteroatoms. The van der Waals surface area contributed by atoms with Crippen LogP contribution in [0.5, 0.6) is 23.0 Å². The highest BCUT2D eigenvalue weighted by Gasteiger charge is 2.30. The molecule has 0 aliphatic rings. The van der Waals surface area contributed by atoms with Gasteiger partial charge in [0.15, 0.2) is 0 Å². The van der Waals surface area contributed by atoms with Gasteiger partial charge in [-0.2, -0.15) is 0 Å². The van der Waals surface area contributed by atoms with Gasteiger partial charge in [0.1, 0.15) is 23.0 Å². The van der Waals surface area contributed by atoms with Gasteiger partial charge in [-0.3, -0.25) is 9.59 Å². The normalized spacial score (nSPS) is 12.2. The Labute approximate surface area is 458 Å². The highest BCUT2D eigenvalue weighted by atomic mass is 31.2. The maximum absolute atomic E-state index is 12.4. The molecule has 0 spiro atoms. The Morgan fingerprint density at radius 2 is 0.632 bits per heavy atom. The van der Waals surface area contributed by atoms with E-state index >= 15 is 0 Å². The van der Waals surface area contributed by atoms with Gasteiger partial charge in [-0.25, -0.2) is 0 Å². The highest BCUT2D eigenvalue weighted by Crippen LogP contribution is 2.49. The quantitative estimate of drug-likeness (QED) is 0.0520. The second-order valence-electron chi connectivity index (χ2n) is 23.6. The van der Waals surface area contributed by atoms with Crippen molar-refractivity contribution >= 4 is 39.3 Å². The summed E-state index contributed by atoms with van der Waals surface area (Å²) in [4.78, 5) is 24.7. The largest absolute Gasteiger partial charge is 0.466 e. The molecule has 0 saturated carbocycles. The second-order valence-corrected chi connectivity index (χ2v) is 26.4. The van der Waals surface area contributed by atoms with Crippen LogP contribution in [0.25, 0.3) is 11.1 Å². The molecule has 6 aromatic rings. The molecule has 0 aromatic heterocycles. The molecule has 0 fully saturated rings. The summed E-state index contributed by atoms with van der Waals surface area (Å²) in [5, 5.41) is 1.85. The van der Waals surface area contributed by atoms with E-state index in [1.165, 1.54) is 11.1 Å². The van der Waals surface area contributed by atoms with Crippen LogP contribution in [0, 0.1) is 0 Å². The Balaban J connectivity index is 1.38. The minimum atomic E-state index is -1.75. The Hall–Kier alpha value is -5.68. The number of hydrogen-bond acceptors (Lipinski definition) is 8. The number of carbonyl (C=O) groups is 2. The maximum Gasteiger partial charge on any atom is 0.326 e. The molecule has 0 heterocycles. The van der Waals surface area contributed by atoms with Crippen molar-refractivity contribution in [2.24, 2.45) is 0 Å². The van der Waals surface area contributed by atoms with Crippen LogP contribution >= 0.6 is 16.8 Å². The Kier molecular flexibility index (Phi) is 20.1. The standard InChI is InChI=1S/C66H84O8P2/c1-17-45-21-35-57(53(41-45)63(5,6)7)71-75(72-58-36-22-46(18-2)42-54(58)64(8,9)10)51-31-27-49(28-32-51)50-29-33-52(34-30-50)76(73-59-37-23-47(25-39-61(67)69-19-3)43-55(59)65(11,12)13)74-60-38-24-48(26-40-62(68)70-20-4)44-56(60)66(14,15)16/h21-24,27-38,41-44H,17-20,25-26,39-40H2,1-16H3. The first kappa shape index (κ1) is 59.6.